The lowest BCUT2D eigenvalue weighted by atomic mass is 10.1. The number of benzene rings is 1. The fourth-order valence-electron chi connectivity index (χ4n) is 2.09. The summed E-state index contributed by atoms with van der Waals surface area (Å²) >= 11 is 0. The lowest BCUT2D eigenvalue weighted by Crippen LogP contribution is -2.49. The molecule has 6 heteroatoms. The highest BCUT2D eigenvalue weighted by atomic mass is 16.5. The Morgan fingerprint density at radius 3 is 2.85 bits per heavy atom. The molecule has 20 heavy (non-hydrogen) atoms. The highest BCUT2D eigenvalue weighted by Gasteiger charge is 2.32. The molecule has 2 amide bonds. The Balaban J connectivity index is 2.22. The Kier molecular flexibility index (Phi) is 4.24. The van der Waals surface area contributed by atoms with Crippen LogP contribution in [0.15, 0.2) is 24.3 Å². The van der Waals surface area contributed by atoms with Crippen LogP contribution in [-0.4, -0.2) is 35.7 Å². The van der Waals surface area contributed by atoms with Gasteiger partial charge < -0.3 is 20.5 Å². The second-order valence-corrected chi connectivity index (χ2v) is 4.87. The van der Waals surface area contributed by atoms with Gasteiger partial charge in [-0.05, 0) is 25.5 Å². The molecule has 6 nitrogen and oxygen atoms in total. The average Bonchev–Trinajstić information content (AvgIpc) is 2.43. The number of aliphatic hydroxyl groups is 1. The van der Waals surface area contributed by atoms with Crippen molar-refractivity contribution >= 4 is 17.5 Å². The van der Waals surface area contributed by atoms with Gasteiger partial charge in [0, 0.05) is 6.42 Å². The van der Waals surface area contributed by atoms with Gasteiger partial charge in [0.15, 0.2) is 6.10 Å². The van der Waals surface area contributed by atoms with Crippen LogP contribution in [0.5, 0.6) is 5.75 Å². The van der Waals surface area contributed by atoms with E-state index in [-0.39, 0.29) is 18.9 Å². The van der Waals surface area contributed by atoms with Gasteiger partial charge in [0.25, 0.3) is 5.91 Å². The van der Waals surface area contributed by atoms with E-state index in [9.17, 15) is 14.7 Å². The normalized spacial score (nSPS) is 18.9. The number of carbonyl (C=O) groups excluding carboxylic acids is 2. The minimum absolute atomic E-state index is 0.102. The standard InChI is InChI=1S/C14H18N2O4/c1-9(17)6-7-13(18)16-8-12(14(15)19)20-11-5-3-2-4-10(11)16/h2-5,9,12,17H,6-8H2,1H3,(H2,15,19). The Bertz CT molecular complexity index is 516. The summed E-state index contributed by atoms with van der Waals surface area (Å²) in [4.78, 5) is 25.1. The number of fused-ring (bicyclic) bond motifs is 1. The Morgan fingerprint density at radius 1 is 1.50 bits per heavy atom. The van der Waals surface area contributed by atoms with Crippen molar-refractivity contribution in [3.8, 4) is 5.75 Å². The van der Waals surface area contributed by atoms with Crippen LogP contribution in [0.25, 0.3) is 0 Å². The smallest absolute Gasteiger partial charge is 0.260 e. The van der Waals surface area contributed by atoms with Crippen LogP contribution in [0.3, 0.4) is 0 Å². The number of nitrogens with two attached hydrogens (primary N) is 1. The molecule has 0 saturated heterocycles. The van der Waals surface area contributed by atoms with Gasteiger partial charge in [-0.2, -0.15) is 0 Å². The summed E-state index contributed by atoms with van der Waals surface area (Å²) in [7, 11) is 0. The van der Waals surface area contributed by atoms with Gasteiger partial charge in [0.2, 0.25) is 5.91 Å². The van der Waals surface area contributed by atoms with Crippen molar-refractivity contribution in [2.75, 3.05) is 11.4 Å². The molecule has 0 spiro atoms. The predicted octanol–water partition coefficient (Wildman–Crippen LogP) is 0.427. The number of rotatable bonds is 4. The molecule has 2 unspecified atom stereocenters. The number of aliphatic hydroxyl groups excluding tert-OH is 1. The van der Waals surface area contributed by atoms with Crippen molar-refractivity contribution in [1.82, 2.24) is 0 Å². The van der Waals surface area contributed by atoms with Crippen molar-refractivity contribution in [2.24, 2.45) is 5.73 Å². The Morgan fingerprint density at radius 2 is 2.20 bits per heavy atom. The van der Waals surface area contributed by atoms with Gasteiger partial charge in [0.1, 0.15) is 5.75 Å². The molecule has 108 valence electrons. The van der Waals surface area contributed by atoms with E-state index < -0.39 is 18.1 Å². The van der Waals surface area contributed by atoms with Crippen LogP contribution >= 0.6 is 0 Å². The number of carbonyl (C=O) groups is 2. The van der Waals surface area contributed by atoms with Crippen molar-refractivity contribution in [3.63, 3.8) is 0 Å². The summed E-state index contributed by atoms with van der Waals surface area (Å²) in [6.45, 7) is 1.73. The second kappa shape index (κ2) is 5.92. The number of anilines is 1. The Labute approximate surface area is 117 Å². The summed E-state index contributed by atoms with van der Waals surface area (Å²) < 4.78 is 5.48. The molecule has 0 bridgehead atoms. The molecule has 1 aromatic carbocycles. The predicted molar refractivity (Wildman–Crippen MR) is 73.3 cm³/mol. The largest absolute Gasteiger partial charge is 0.477 e. The number of nitrogens with zero attached hydrogens (tertiary/aromatic N) is 1. The van der Waals surface area contributed by atoms with Gasteiger partial charge in [-0.1, -0.05) is 12.1 Å². The van der Waals surface area contributed by atoms with Crippen LogP contribution in [0.1, 0.15) is 19.8 Å². The average molecular weight is 278 g/mol. The maximum Gasteiger partial charge on any atom is 0.260 e. The molecule has 3 N–H and O–H groups in total. The molecule has 0 aliphatic carbocycles. The number of amides is 2. The quantitative estimate of drug-likeness (QED) is 0.835. The highest BCUT2D eigenvalue weighted by molar-refractivity contribution is 5.97. The van der Waals surface area contributed by atoms with Gasteiger partial charge >= 0.3 is 0 Å². The van der Waals surface area contributed by atoms with Crippen molar-refractivity contribution < 1.29 is 19.4 Å². The van der Waals surface area contributed by atoms with Crippen LogP contribution in [0.2, 0.25) is 0 Å². The first kappa shape index (κ1) is 14.3. The minimum atomic E-state index is -0.847. The van der Waals surface area contributed by atoms with E-state index in [4.69, 9.17) is 10.5 Å². The lowest BCUT2D eigenvalue weighted by molar-refractivity contribution is -0.125. The first-order valence-corrected chi connectivity index (χ1v) is 6.52. The number of hydrogen-bond donors (Lipinski definition) is 2. The number of para-hydroxylation sites is 2. The van der Waals surface area contributed by atoms with Gasteiger partial charge in [0.05, 0.1) is 18.3 Å². The van der Waals surface area contributed by atoms with E-state index in [1.54, 1.807) is 31.2 Å². The second-order valence-electron chi connectivity index (χ2n) is 4.87. The van der Waals surface area contributed by atoms with Crippen LogP contribution in [0, 0.1) is 0 Å². The number of ether oxygens (including phenoxy) is 1. The highest BCUT2D eigenvalue weighted by Crippen LogP contribution is 2.33. The number of hydrogen-bond acceptors (Lipinski definition) is 4. The molecule has 1 heterocycles. The first-order chi connectivity index (χ1) is 9.49. The zero-order valence-corrected chi connectivity index (χ0v) is 11.3. The van der Waals surface area contributed by atoms with E-state index in [0.717, 1.165) is 0 Å². The first-order valence-electron chi connectivity index (χ1n) is 6.52. The van der Waals surface area contributed by atoms with Crippen LogP contribution < -0.4 is 15.4 Å². The van der Waals surface area contributed by atoms with Gasteiger partial charge in [-0.25, -0.2) is 0 Å². The van der Waals surface area contributed by atoms with E-state index in [1.807, 2.05) is 0 Å². The Hall–Kier alpha value is -2.08. The van der Waals surface area contributed by atoms with E-state index >= 15 is 0 Å². The monoisotopic (exact) mass is 278 g/mol. The molecule has 0 radical (unpaired) electrons. The zero-order chi connectivity index (χ0) is 14.7. The van der Waals surface area contributed by atoms with Crippen LogP contribution in [0.4, 0.5) is 5.69 Å². The molecule has 0 saturated carbocycles. The zero-order valence-electron chi connectivity index (χ0n) is 11.3. The van der Waals surface area contributed by atoms with E-state index in [0.29, 0.717) is 17.9 Å². The molecule has 1 aliphatic heterocycles. The van der Waals surface area contributed by atoms with E-state index in [1.165, 1.54) is 4.90 Å². The molecular weight excluding hydrogens is 260 g/mol. The summed E-state index contributed by atoms with van der Waals surface area (Å²) in [6.07, 6.45) is -0.806. The molecule has 2 rings (SSSR count). The fraction of sp³-hybridized carbons (Fsp3) is 0.429. The molecule has 2 atom stereocenters. The van der Waals surface area contributed by atoms with Gasteiger partial charge in [-0.15, -0.1) is 0 Å². The van der Waals surface area contributed by atoms with Crippen molar-refractivity contribution in [2.45, 2.75) is 32.0 Å². The third kappa shape index (κ3) is 3.08. The third-order valence-corrected chi connectivity index (χ3v) is 3.17. The SMILES string of the molecule is CC(O)CCC(=O)N1CC(C(N)=O)Oc2ccccc21. The molecule has 0 fully saturated rings. The minimum Gasteiger partial charge on any atom is -0.477 e. The molecule has 0 aromatic heterocycles. The number of primary amides is 1. The van der Waals surface area contributed by atoms with E-state index in [2.05, 4.69) is 0 Å². The maximum atomic E-state index is 12.2. The van der Waals surface area contributed by atoms with Crippen molar-refractivity contribution in [3.05, 3.63) is 24.3 Å². The fourth-order valence-corrected chi connectivity index (χ4v) is 2.09. The maximum absolute atomic E-state index is 12.2. The summed E-state index contributed by atoms with van der Waals surface area (Å²) in [6, 6.07) is 7.01. The van der Waals surface area contributed by atoms with Crippen LogP contribution in [-0.2, 0) is 9.59 Å². The topological polar surface area (TPSA) is 92.9 Å². The summed E-state index contributed by atoms with van der Waals surface area (Å²) in [5.74, 6) is -0.298. The molecule has 1 aromatic rings. The lowest BCUT2D eigenvalue weighted by Gasteiger charge is -2.33. The molecule has 1 aliphatic rings. The molecular formula is C14H18N2O4. The van der Waals surface area contributed by atoms with Gasteiger partial charge in [-0.3, -0.25) is 9.59 Å². The summed E-state index contributed by atoms with van der Waals surface area (Å²) in [5.41, 5.74) is 5.89. The van der Waals surface area contributed by atoms with Crippen molar-refractivity contribution in [1.29, 1.82) is 0 Å². The third-order valence-electron chi connectivity index (χ3n) is 3.17. The summed E-state index contributed by atoms with van der Waals surface area (Å²) in [5, 5.41) is 9.27.